The second-order valence-electron chi connectivity index (χ2n) is 18.5. The second-order valence-corrected chi connectivity index (χ2v) is 18.5. The molecule has 0 aromatic rings. The highest BCUT2D eigenvalue weighted by molar-refractivity contribution is 5.71. The molecule has 6 heteroatoms. The number of allylic oxidation sites excluding steroid dienone is 10. The van der Waals surface area contributed by atoms with E-state index in [-0.39, 0.29) is 37.5 Å². The number of hydrogen-bond donors (Lipinski definition) is 0. The minimum absolute atomic E-state index is 0.0912. The van der Waals surface area contributed by atoms with Crippen LogP contribution in [0.1, 0.15) is 278 Å². The van der Waals surface area contributed by atoms with Gasteiger partial charge < -0.3 is 14.2 Å². The molecule has 0 saturated carbocycles. The molecular weight excluding hydrogens is 805 g/mol. The third kappa shape index (κ3) is 51.9. The van der Waals surface area contributed by atoms with Gasteiger partial charge in [-0.2, -0.15) is 0 Å². The average molecular weight is 909 g/mol. The highest BCUT2D eigenvalue weighted by Gasteiger charge is 2.19. The Kier molecular flexibility index (Phi) is 51.3. The van der Waals surface area contributed by atoms with Crippen LogP contribution < -0.4 is 0 Å². The smallest absolute Gasteiger partial charge is 0.306 e. The maximum atomic E-state index is 12.8. The van der Waals surface area contributed by atoms with E-state index in [1.807, 2.05) is 0 Å². The zero-order valence-electron chi connectivity index (χ0n) is 43.0. The summed E-state index contributed by atoms with van der Waals surface area (Å²) in [6.07, 6.45) is 66.3. The predicted octanol–water partition coefficient (Wildman–Crippen LogP) is 18.4. The maximum Gasteiger partial charge on any atom is 0.306 e. The van der Waals surface area contributed by atoms with Gasteiger partial charge in [-0.25, -0.2) is 0 Å². The predicted molar refractivity (Wildman–Crippen MR) is 279 cm³/mol. The number of hydrogen-bond acceptors (Lipinski definition) is 6. The van der Waals surface area contributed by atoms with E-state index in [0.717, 1.165) is 64.2 Å². The number of unbranched alkanes of at least 4 members (excludes halogenated alkanes) is 29. The van der Waals surface area contributed by atoms with E-state index >= 15 is 0 Å². The van der Waals surface area contributed by atoms with Gasteiger partial charge in [-0.15, -0.1) is 0 Å². The van der Waals surface area contributed by atoms with Crippen LogP contribution in [0, 0.1) is 0 Å². The van der Waals surface area contributed by atoms with Crippen LogP contribution in [0.3, 0.4) is 0 Å². The molecule has 0 rings (SSSR count). The summed E-state index contributed by atoms with van der Waals surface area (Å²) in [5.74, 6) is -0.944. The van der Waals surface area contributed by atoms with Gasteiger partial charge in [0, 0.05) is 19.3 Å². The lowest BCUT2D eigenvalue weighted by Crippen LogP contribution is -2.30. The lowest BCUT2D eigenvalue weighted by atomic mass is 10.0. The molecule has 0 radical (unpaired) electrons. The Morgan fingerprint density at radius 3 is 0.985 bits per heavy atom. The normalized spacial score (nSPS) is 12.5. The van der Waals surface area contributed by atoms with Crippen LogP contribution in [0.25, 0.3) is 0 Å². The maximum absolute atomic E-state index is 12.8. The summed E-state index contributed by atoms with van der Waals surface area (Å²) in [6.45, 7) is 6.57. The van der Waals surface area contributed by atoms with Gasteiger partial charge in [-0.05, 0) is 83.5 Å². The molecule has 0 N–H and O–H groups in total. The van der Waals surface area contributed by atoms with E-state index in [2.05, 4.69) is 81.5 Å². The molecule has 0 aromatic heterocycles. The van der Waals surface area contributed by atoms with Crippen molar-refractivity contribution >= 4 is 17.9 Å². The first-order valence-electron chi connectivity index (χ1n) is 27.8. The van der Waals surface area contributed by atoms with Crippen molar-refractivity contribution in [2.75, 3.05) is 13.2 Å². The Morgan fingerprint density at radius 1 is 0.308 bits per heavy atom. The van der Waals surface area contributed by atoms with Gasteiger partial charge in [0.2, 0.25) is 0 Å². The molecular formula is C59H104O6. The molecule has 0 fully saturated rings. The highest BCUT2D eigenvalue weighted by Crippen LogP contribution is 2.15. The minimum Gasteiger partial charge on any atom is -0.462 e. The van der Waals surface area contributed by atoms with Gasteiger partial charge in [0.15, 0.2) is 6.10 Å². The molecule has 376 valence electrons. The van der Waals surface area contributed by atoms with Crippen molar-refractivity contribution in [3.63, 3.8) is 0 Å². The van der Waals surface area contributed by atoms with Crippen LogP contribution in [0.5, 0.6) is 0 Å². The summed E-state index contributed by atoms with van der Waals surface area (Å²) in [5, 5.41) is 0. The van der Waals surface area contributed by atoms with Crippen LogP contribution in [-0.4, -0.2) is 37.2 Å². The zero-order valence-corrected chi connectivity index (χ0v) is 43.0. The lowest BCUT2D eigenvalue weighted by molar-refractivity contribution is -0.167. The second kappa shape index (κ2) is 53.7. The van der Waals surface area contributed by atoms with Crippen molar-refractivity contribution in [2.45, 2.75) is 284 Å². The van der Waals surface area contributed by atoms with Crippen molar-refractivity contribution in [1.82, 2.24) is 0 Å². The van der Waals surface area contributed by atoms with Gasteiger partial charge in [0.05, 0.1) is 0 Å². The molecule has 1 atom stereocenters. The largest absolute Gasteiger partial charge is 0.462 e. The van der Waals surface area contributed by atoms with Crippen molar-refractivity contribution < 1.29 is 28.6 Å². The Hall–Kier alpha value is -2.89. The third-order valence-electron chi connectivity index (χ3n) is 12.0. The van der Waals surface area contributed by atoms with Crippen molar-refractivity contribution in [1.29, 1.82) is 0 Å². The molecule has 0 amide bonds. The van der Waals surface area contributed by atoms with E-state index in [1.54, 1.807) is 0 Å². The third-order valence-corrected chi connectivity index (χ3v) is 12.0. The van der Waals surface area contributed by atoms with Gasteiger partial charge >= 0.3 is 17.9 Å². The summed E-state index contributed by atoms with van der Waals surface area (Å²) in [6, 6.07) is 0. The summed E-state index contributed by atoms with van der Waals surface area (Å²) in [5.41, 5.74) is 0. The number of carbonyl (C=O) groups is 3. The summed E-state index contributed by atoms with van der Waals surface area (Å²) < 4.78 is 16.8. The standard InChI is InChI=1S/C59H104O6/c1-4-7-10-13-16-19-22-25-28-29-32-34-37-40-43-46-49-52-58(61)64-55-56(65-59(62)53-50-47-44-41-38-35-31-27-24-21-18-15-12-9-6-3)54-63-57(60)51-48-45-42-39-36-33-30-26-23-20-17-14-11-8-5-2/h16,19-20,23,25,28,32,34,40,43,56H,4-15,17-18,21-22,24,26-27,29-31,33,35-39,41-42,44-55H2,1-3H3/b19-16-,23-20-,28-25-,34-32-,43-40-/t56-/m0/s1. The summed E-state index contributed by atoms with van der Waals surface area (Å²) in [7, 11) is 0. The quantitative estimate of drug-likeness (QED) is 0.0262. The average Bonchev–Trinajstić information content (AvgIpc) is 3.30. The Balaban J connectivity index is 4.45. The number of carbonyl (C=O) groups excluding carboxylic acids is 3. The van der Waals surface area contributed by atoms with Crippen LogP contribution in [-0.2, 0) is 28.6 Å². The van der Waals surface area contributed by atoms with Crippen LogP contribution in [0.2, 0.25) is 0 Å². The monoisotopic (exact) mass is 909 g/mol. The van der Waals surface area contributed by atoms with Crippen LogP contribution >= 0.6 is 0 Å². The topological polar surface area (TPSA) is 78.9 Å². The van der Waals surface area contributed by atoms with Crippen LogP contribution in [0.15, 0.2) is 60.8 Å². The molecule has 6 nitrogen and oxygen atoms in total. The fourth-order valence-corrected chi connectivity index (χ4v) is 7.78. The molecule has 0 spiro atoms. The molecule has 0 aliphatic rings. The Bertz CT molecular complexity index is 1180. The number of rotatable bonds is 50. The molecule has 0 aliphatic carbocycles. The Morgan fingerprint density at radius 2 is 0.569 bits per heavy atom. The van der Waals surface area contributed by atoms with Gasteiger partial charge in [0.25, 0.3) is 0 Å². The molecule has 0 unspecified atom stereocenters. The zero-order chi connectivity index (χ0) is 47.2. The van der Waals surface area contributed by atoms with Gasteiger partial charge in [0.1, 0.15) is 13.2 Å². The van der Waals surface area contributed by atoms with E-state index < -0.39 is 6.10 Å². The number of ether oxygens (including phenoxy) is 3. The fourth-order valence-electron chi connectivity index (χ4n) is 7.78. The van der Waals surface area contributed by atoms with Gasteiger partial charge in [-0.1, -0.05) is 236 Å². The molecule has 0 aliphatic heterocycles. The minimum atomic E-state index is -0.795. The lowest BCUT2D eigenvalue weighted by Gasteiger charge is -2.18. The van der Waals surface area contributed by atoms with E-state index in [0.29, 0.717) is 19.3 Å². The Labute approximate surface area is 402 Å². The van der Waals surface area contributed by atoms with E-state index in [1.165, 1.54) is 167 Å². The highest BCUT2D eigenvalue weighted by atomic mass is 16.6. The first-order valence-corrected chi connectivity index (χ1v) is 27.8. The van der Waals surface area contributed by atoms with E-state index in [9.17, 15) is 14.4 Å². The van der Waals surface area contributed by atoms with Crippen LogP contribution in [0.4, 0.5) is 0 Å². The fraction of sp³-hybridized carbons (Fsp3) is 0.780. The molecule has 0 heterocycles. The molecule has 0 aromatic carbocycles. The van der Waals surface area contributed by atoms with Crippen molar-refractivity contribution in [3.8, 4) is 0 Å². The molecule has 65 heavy (non-hydrogen) atoms. The van der Waals surface area contributed by atoms with Gasteiger partial charge in [-0.3, -0.25) is 14.4 Å². The number of esters is 3. The first-order chi connectivity index (χ1) is 32.0. The summed E-state index contributed by atoms with van der Waals surface area (Å²) >= 11 is 0. The summed E-state index contributed by atoms with van der Waals surface area (Å²) in [4.78, 5) is 38.1. The van der Waals surface area contributed by atoms with E-state index in [4.69, 9.17) is 14.2 Å². The SMILES string of the molecule is CCCCC/C=C\C/C=C\C/C=C\C/C=C\CCCC(=O)OC[C@H](COC(=O)CCCCCCCCC/C=C\CCCCCC)OC(=O)CCCCCCCCCCCCCCCCC. The molecule has 0 bridgehead atoms. The molecule has 0 saturated heterocycles. The first kappa shape index (κ1) is 62.1. The van der Waals surface area contributed by atoms with Crippen molar-refractivity contribution in [2.24, 2.45) is 0 Å². The van der Waals surface area contributed by atoms with Crippen molar-refractivity contribution in [3.05, 3.63) is 60.8 Å².